The second-order valence-electron chi connectivity index (χ2n) is 7.32. The molecule has 0 aromatic heterocycles. The van der Waals surface area contributed by atoms with Gasteiger partial charge >= 0.3 is 11.9 Å². The molecule has 28 heavy (non-hydrogen) atoms. The van der Waals surface area contributed by atoms with Gasteiger partial charge in [-0.25, -0.2) is 4.79 Å². The average molecular weight is 509 g/mol. The Morgan fingerprint density at radius 2 is 1.61 bits per heavy atom. The van der Waals surface area contributed by atoms with Crippen LogP contribution in [0.1, 0.15) is 26.3 Å². The maximum absolute atomic E-state index is 12.5. The molecule has 0 saturated carbocycles. The van der Waals surface area contributed by atoms with Crippen LogP contribution in [0, 0.1) is 0 Å². The van der Waals surface area contributed by atoms with Gasteiger partial charge < -0.3 is 14.8 Å². The highest BCUT2D eigenvalue weighted by molar-refractivity contribution is 9.10. The smallest absolute Gasteiger partial charge is 0.389 e. The summed E-state index contributed by atoms with van der Waals surface area (Å²) < 4.78 is 10.4. The van der Waals surface area contributed by atoms with Crippen LogP contribution in [-0.4, -0.2) is 15.7 Å². The second kappa shape index (κ2) is 7.48. The first-order valence-electron chi connectivity index (χ1n) is 8.34. The van der Waals surface area contributed by atoms with Gasteiger partial charge in [-0.1, -0.05) is 77.6 Å². The molecule has 0 radical (unpaired) electrons. The van der Waals surface area contributed by atoms with Gasteiger partial charge in [0.05, 0.1) is 0 Å². The van der Waals surface area contributed by atoms with Gasteiger partial charge in [0.1, 0.15) is 0 Å². The zero-order chi connectivity index (χ0) is 20.7. The minimum atomic E-state index is -2.11. The van der Waals surface area contributed by atoms with E-state index in [2.05, 4.69) is 47.3 Å². The Kier molecular flexibility index (Phi) is 5.71. The quantitative estimate of drug-likeness (QED) is 0.464. The molecule has 2 N–H and O–H groups in total. The number of carbonyl (C=O) groups is 1. The molecule has 0 saturated heterocycles. The van der Waals surface area contributed by atoms with E-state index in [1.165, 1.54) is 0 Å². The predicted molar refractivity (Wildman–Crippen MR) is 116 cm³/mol. The van der Waals surface area contributed by atoms with Gasteiger partial charge in [-0.15, -0.1) is 0 Å². The number of rotatable bonds is 2. The molecule has 150 valence electrons. The summed E-state index contributed by atoms with van der Waals surface area (Å²) in [5.41, 5.74) is 1.44. The third-order valence-corrected chi connectivity index (χ3v) is 5.35. The predicted octanol–water partition coefficient (Wildman–Crippen LogP) is 6.36. The zero-order valence-corrected chi connectivity index (χ0v) is 19.1. The van der Waals surface area contributed by atoms with Crippen molar-refractivity contribution in [2.45, 2.75) is 35.9 Å². The summed E-state index contributed by atoms with van der Waals surface area (Å²) in [5, 5.41) is 5.15. The van der Waals surface area contributed by atoms with Crippen molar-refractivity contribution in [3.63, 3.8) is 0 Å². The lowest BCUT2D eigenvalue weighted by molar-refractivity contribution is -0.0922. The highest BCUT2D eigenvalue weighted by Crippen LogP contribution is 2.49. The Bertz CT molecular complexity index is 895. The number of fused-ring (bicyclic) bond motifs is 1. The molecule has 1 aliphatic heterocycles. The number of anilines is 1. The fourth-order valence-corrected chi connectivity index (χ4v) is 3.19. The molecule has 0 unspecified atom stereocenters. The summed E-state index contributed by atoms with van der Waals surface area (Å²) in [5.74, 6) is -1.28. The number of hydrogen-bond donors (Lipinski definition) is 2. The van der Waals surface area contributed by atoms with Crippen molar-refractivity contribution in [3.8, 4) is 11.5 Å². The van der Waals surface area contributed by atoms with E-state index in [0.717, 1.165) is 10.0 Å². The van der Waals surface area contributed by atoms with Gasteiger partial charge in [-0.05, 0) is 47.4 Å². The summed E-state index contributed by atoms with van der Waals surface area (Å²) in [4.78, 5) is 12.5. The number of amides is 2. The maximum Gasteiger partial charge on any atom is 0.389 e. The molecule has 0 bridgehead atoms. The van der Waals surface area contributed by atoms with Crippen LogP contribution >= 0.6 is 50.7 Å². The topological polar surface area (TPSA) is 59.6 Å². The van der Waals surface area contributed by atoms with E-state index in [9.17, 15) is 4.79 Å². The number of benzene rings is 2. The summed E-state index contributed by atoms with van der Waals surface area (Å²) in [6.45, 7) is 6.20. The standard InChI is InChI=1S/C19H18BrCl3N2O3/c1-17(2,3)11-4-9-14-15(10-11)28-19(27-14,18(21,22)23)25-16(26)24-13-7-5-12(20)6-8-13/h4-10H,1-3H3,(H2,24,25,26)/t19-/m1/s1. The van der Waals surface area contributed by atoms with Crippen LogP contribution in [0.3, 0.4) is 0 Å². The molecular weight excluding hydrogens is 490 g/mol. The number of hydrogen-bond acceptors (Lipinski definition) is 3. The highest BCUT2D eigenvalue weighted by atomic mass is 79.9. The number of halogens is 4. The summed E-state index contributed by atoms with van der Waals surface area (Å²) in [7, 11) is 0. The maximum atomic E-state index is 12.5. The number of nitrogens with one attached hydrogen (secondary N) is 2. The number of carbonyl (C=O) groups excluding carboxylic acids is 1. The first kappa shape index (κ1) is 21.4. The van der Waals surface area contributed by atoms with Crippen LogP contribution in [0.2, 0.25) is 0 Å². The molecule has 3 rings (SSSR count). The summed E-state index contributed by atoms with van der Waals surface area (Å²) in [6.07, 6.45) is 0. The first-order chi connectivity index (χ1) is 12.9. The van der Waals surface area contributed by atoms with E-state index in [-0.39, 0.29) is 5.41 Å². The van der Waals surface area contributed by atoms with Crippen molar-refractivity contribution in [2.75, 3.05) is 5.32 Å². The van der Waals surface area contributed by atoms with Crippen molar-refractivity contribution >= 4 is 62.5 Å². The lowest BCUT2D eigenvalue weighted by Crippen LogP contribution is -2.64. The Labute approximate surface area is 186 Å². The van der Waals surface area contributed by atoms with Gasteiger partial charge in [0.2, 0.25) is 0 Å². The summed E-state index contributed by atoms with van der Waals surface area (Å²) >= 11 is 21.7. The van der Waals surface area contributed by atoms with Crippen LogP contribution < -0.4 is 20.1 Å². The van der Waals surface area contributed by atoms with Gasteiger partial charge in [-0.3, -0.25) is 5.32 Å². The van der Waals surface area contributed by atoms with Gasteiger partial charge in [-0.2, -0.15) is 0 Å². The monoisotopic (exact) mass is 506 g/mol. The van der Waals surface area contributed by atoms with Gasteiger partial charge in [0.25, 0.3) is 3.79 Å². The molecule has 0 fully saturated rings. The largest absolute Gasteiger partial charge is 0.428 e. The Morgan fingerprint density at radius 1 is 1.00 bits per heavy atom. The molecule has 2 aromatic carbocycles. The summed E-state index contributed by atoms with van der Waals surface area (Å²) in [6, 6.07) is 11.8. The minimum absolute atomic E-state index is 0.115. The molecule has 0 aliphatic carbocycles. The Balaban J connectivity index is 1.84. The molecular formula is C19H18BrCl3N2O3. The number of urea groups is 1. The van der Waals surface area contributed by atoms with Crippen molar-refractivity contribution < 1.29 is 14.3 Å². The van der Waals surface area contributed by atoms with Crippen LogP contribution in [0.25, 0.3) is 0 Å². The van der Waals surface area contributed by atoms with Gasteiger partial charge in [0, 0.05) is 10.2 Å². The normalized spacial score (nSPS) is 18.7. The molecule has 5 nitrogen and oxygen atoms in total. The second-order valence-corrected chi connectivity index (χ2v) is 10.5. The van der Waals surface area contributed by atoms with E-state index >= 15 is 0 Å². The lowest BCUT2D eigenvalue weighted by Gasteiger charge is -2.33. The molecule has 2 amide bonds. The Morgan fingerprint density at radius 3 is 2.18 bits per heavy atom. The average Bonchev–Trinajstić information content (AvgIpc) is 2.94. The fraction of sp³-hybridized carbons (Fsp3) is 0.316. The highest BCUT2D eigenvalue weighted by Gasteiger charge is 2.59. The Hall–Kier alpha value is -1.34. The van der Waals surface area contributed by atoms with E-state index < -0.39 is 15.7 Å². The van der Waals surface area contributed by atoms with Gasteiger partial charge in [0.15, 0.2) is 11.5 Å². The molecule has 0 spiro atoms. The van der Waals surface area contributed by atoms with Crippen LogP contribution in [-0.2, 0) is 5.41 Å². The zero-order valence-electron chi connectivity index (χ0n) is 15.3. The SMILES string of the molecule is CC(C)(C)c1ccc2c(c1)O[C@@](NC(=O)Nc1ccc(Br)cc1)(C(Cl)(Cl)Cl)O2. The molecule has 2 aromatic rings. The van der Waals surface area contributed by atoms with Crippen LogP contribution in [0.5, 0.6) is 11.5 Å². The van der Waals surface area contributed by atoms with Crippen molar-refractivity contribution in [1.82, 2.24) is 5.32 Å². The van der Waals surface area contributed by atoms with Crippen molar-refractivity contribution in [3.05, 3.63) is 52.5 Å². The lowest BCUT2D eigenvalue weighted by atomic mass is 9.87. The molecule has 1 heterocycles. The first-order valence-corrected chi connectivity index (χ1v) is 10.3. The molecule has 9 heteroatoms. The third-order valence-electron chi connectivity index (χ3n) is 4.07. The van der Waals surface area contributed by atoms with Crippen LogP contribution in [0.15, 0.2) is 46.9 Å². The molecule has 1 aliphatic rings. The van der Waals surface area contributed by atoms with E-state index in [4.69, 9.17) is 44.3 Å². The number of ether oxygens (including phenoxy) is 2. The van der Waals surface area contributed by atoms with Crippen LogP contribution in [0.4, 0.5) is 10.5 Å². The third kappa shape index (κ3) is 4.46. The fourth-order valence-electron chi connectivity index (χ4n) is 2.55. The van der Waals surface area contributed by atoms with Crippen molar-refractivity contribution in [2.24, 2.45) is 0 Å². The van der Waals surface area contributed by atoms with E-state index in [0.29, 0.717) is 17.2 Å². The van der Waals surface area contributed by atoms with Crippen molar-refractivity contribution in [1.29, 1.82) is 0 Å². The molecule has 1 atom stereocenters. The minimum Gasteiger partial charge on any atom is -0.428 e. The van der Waals surface area contributed by atoms with E-state index in [1.807, 2.05) is 12.1 Å². The number of alkyl halides is 3. The van der Waals surface area contributed by atoms with E-state index in [1.54, 1.807) is 30.3 Å².